The number of aryl methyl sites for hydroxylation is 1. The summed E-state index contributed by atoms with van der Waals surface area (Å²) in [6.45, 7) is 23.3. The Balaban J connectivity index is 1.37. The molecule has 0 spiro atoms. The normalized spacial score (nSPS) is 21.1. The molecule has 1 fully saturated rings. The molecule has 0 aliphatic heterocycles. The first-order valence-electron chi connectivity index (χ1n) is 16.6. The second kappa shape index (κ2) is 11.9. The Labute approximate surface area is 266 Å². The molecule has 3 aromatic rings. The van der Waals surface area contributed by atoms with Crippen molar-refractivity contribution >= 4 is 16.3 Å². The Hall–Kier alpha value is -3.90. The lowest BCUT2D eigenvalue weighted by atomic mass is 9.67. The lowest BCUT2D eigenvalue weighted by Gasteiger charge is -2.36. The highest BCUT2D eigenvalue weighted by atomic mass is 14.4. The van der Waals surface area contributed by atoms with Crippen molar-refractivity contribution < 1.29 is 0 Å². The molecule has 2 unspecified atom stereocenters. The maximum absolute atomic E-state index is 4.85. The minimum absolute atomic E-state index is 0.144. The molecular weight excluding hydrogens is 528 g/mol. The van der Waals surface area contributed by atoms with E-state index in [0.29, 0.717) is 0 Å². The standard InChI is InChI=1S/C44H48/c1-9-14-28(3)40-29(4)23-37-26-36(25-31-19-20-35(24-31)34-16-13-17-38(27-34)44(6,7)8)30(5)41(37)43(40)42-32(10-2)21-22-33-15-11-12-18-39(33)42/h11-13,15-23,25,27,41,43H,3,5,9-10,14,24,26H2,1-2,4,6-8H3. The van der Waals surface area contributed by atoms with E-state index >= 15 is 0 Å². The molecule has 224 valence electrons. The van der Waals surface area contributed by atoms with Crippen LogP contribution in [0.2, 0.25) is 0 Å². The summed E-state index contributed by atoms with van der Waals surface area (Å²) in [6.07, 6.45) is 14.7. The average molecular weight is 577 g/mol. The van der Waals surface area contributed by atoms with E-state index in [1.807, 2.05) is 0 Å². The summed E-state index contributed by atoms with van der Waals surface area (Å²) < 4.78 is 0. The zero-order valence-electron chi connectivity index (χ0n) is 27.7. The van der Waals surface area contributed by atoms with Gasteiger partial charge in [-0.25, -0.2) is 0 Å². The van der Waals surface area contributed by atoms with E-state index < -0.39 is 0 Å². The van der Waals surface area contributed by atoms with E-state index in [-0.39, 0.29) is 17.3 Å². The molecule has 3 aromatic carbocycles. The number of allylic oxidation sites excluding steroid dienone is 12. The summed E-state index contributed by atoms with van der Waals surface area (Å²) in [5.74, 6) is 0.502. The SMILES string of the molecule is C=C(CCC)C1=C(C)C=C2CC(=CC3=CC=C(c4cccc(C(C)(C)C)c4)C3)C(=C)C2C1c1c(CC)ccc2ccccc12. The molecule has 0 N–H and O–H groups in total. The Morgan fingerprint density at radius 2 is 1.73 bits per heavy atom. The van der Waals surface area contributed by atoms with Gasteiger partial charge in [0.25, 0.3) is 0 Å². The zero-order valence-corrected chi connectivity index (χ0v) is 27.7. The van der Waals surface area contributed by atoms with Crippen molar-refractivity contribution in [1.82, 2.24) is 0 Å². The third-order valence-corrected chi connectivity index (χ3v) is 10.1. The Bertz CT molecular complexity index is 1820. The summed E-state index contributed by atoms with van der Waals surface area (Å²) in [5, 5.41) is 2.70. The van der Waals surface area contributed by atoms with Gasteiger partial charge in [-0.1, -0.05) is 150 Å². The van der Waals surface area contributed by atoms with Crippen molar-refractivity contribution in [2.75, 3.05) is 0 Å². The van der Waals surface area contributed by atoms with E-state index in [1.54, 1.807) is 0 Å². The zero-order chi connectivity index (χ0) is 31.2. The number of fused-ring (bicyclic) bond motifs is 2. The number of hydrogen-bond acceptors (Lipinski definition) is 0. The molecule has 0 aromatic heterocycles. The van der Waals surface area contributed by atoms with Crippen LogP contribution in [-0.2, 0) is 11.8 Å². The van der Waals surface area contributed by atoms with Crippen molar-refractivity contribution in [3.8, 4) is 0 Å². The van der Waals surface area contributed by atoms with Crippen molar-refractivity contribution in [2.24, 2.45) is 5.92 Å². The Morgan fingerprint density at radius 3 is 2.48 bits per heavy atom. The van der Waals surface area contributed by atoms with E-state index in [0.717, 1.165) is 32.1 Å². The maximum atomic E-state index is 4.85. The van der Waals surface area contributed by atoms with Crippen LogP contribution in [0.4, 0.5) is 0 Å². The smallest absolute Gasteiger partial charge is 0.0210 e. The molecule has 2 atom stereocenters. The lowest BCUT2D eigenvalue weighted by molar-refractivity contribution is 0.590. The van der Waals surface area contributed by atoms with E-state index in [9.17, 15) is 0 Å². The van der Waals surface area contributed by atoms with Gasteiger partial charge in [0.1, 0.15) is 0 Å². The lowest BCUT2D eigenvalue weighted by Crippen LogP contribution is -2.22. The topological polar surface area (TPSA) is 0 Å². The number of hydrogen-bond donors (Lipinski definition) is 0. The van der Waals surface area contributed by atoms with Crippen LogP contribution in [0, 0.1) is 5.92 Å². The predicted molar refractivity (Wildman–Crippen MR) is 192 cm³/mol. The Kier molecular flexibility index (Phi) is 8.14. The second-order valence-electron chi connectivity index (χ2n) is 14.2. The van der Waals surface area contributed by atoms with E-state index in [4.69, 9.17) is 6.58 Å². The fourth-order valence-electron chi connectivity index (χ4n) is 7.85. The molecule has 44 heavy (non-hydrogen) atoms. The monoisotopic (exact) mass is 576 g/mol. The highest BCUT2D eigenvalue weighted by molar-refractivity contribution is 5.88. The first-order chi connectivity index (χ1) is 21.1. The predicted octanol–water partition coefficient (Wildman–Crippen LogP) is 12.3. The van der Waals surface area contributed by atoms with Gasteiger partial charge in [-0.05, 0) is 104 Å². The van der Waals surface area contributed by atoms with Gasteiger partial charge in [0.15, 0.2) is 0 Å². The molecule has 0 amide bonds. The van der Waals surface area contributed by atoms with Gasteiger partial charge in [0.05, 0.1) is 0 Å². The van der Waals surface area contributed by atoms with Crippen LogP contribution in [-0.4, -0.2) is 0 Å². The summed E-state index contributed by atoms with van der Waals surface area (Å²) >= 11 is 0. The van der Waals surface area contributed by atoms with Gasteiger partial charge in [-0.3, -0.25) is 0 Å². The summed E-state index contributed by atoms with van der Waals surface area (Å²) in [5.41, 5.74) is 16.9. The van der Waals surface area contributed by atoms with Crippen LogP contribution in [0.3, 0.4) is 0 Å². The van der Waals surface area contributed by atoms with Crippen LogP contribution in [0.5, 0.6) is 0 Å². The summed E-state index contributed by atoms with van der Waals surface area (Å²) in [7, 11) is 0. The van der Waals surface area contributed by atoms with Gasteiger partial charge in [-0.2, -0.15) is 0 Å². The molecule has 1 saturated carbocycles. The number of rotatable bonds is 7. The molecule has 3 aliphatic rings. The first-order valence-corrected chi connectivity index (χ1v) is 16.6. The minimum Gasteiger partial charge on any atom is -0.0955 e. The van der Waals surface area contributed by atoms with Crippen molar-refractivity contribution in [3.05, 3.63) is 159 Å². The fraction of sp³-hybridized carbons (Fsp3) is 0.318. The molecule has 6 rings (SSSR count). The highest BCUT2D eigenvalue weighted by Gasteiger charge is 2.42. The molecule has 0 bridgehead atoms. The van der Waals surface area contributed by atoms with Crippen molar-refractivity contribution in [2.45, 2.75) is 85.0 Å². The number of benzene rings is 3. The minimum atomic E-state index is 0.144. The van der Waals surface area contributed by atoms with Crippen LogP contribution >= 0.6 is 0 Å². The summed E-state index contributed by atoms with van der Waals surface area (Å²) in [4.78, 5) is 0. The van der Waals surface area contributed by atoms with Crippen LogP contribution in [0.15, 0.2) is 137 Å². The van der Waals surface area contributed by atoms with Crippen molar-refractivity contribution in [3.63, 3.8) is 0 Å². The quantitative estimate of drug-likeness (QED) is 0.262. The molecule has 0 saturated heterocycles. The molecule has 0 nitrogen and oxygen atoms in total. The summed E-state index contributed by atoms with van der Waals surface area (Å²) in [6, 6.07) is 22.7. The molecule has 0 heterocycles. The largest absolute Gasteiger partial charge is 0.0955 e. The van der Waals surface area contributed by atoms with E-state index in [1.165, 1.54) is 77.6 Å². The maximum Gasteiger partial charge on any atom is 0.0210 e. The third-order valence-electron chi connectivity index (χ3n) is 10.1. The van der Waals surface area contributed by atoms with Crippen LogP contribution in [0.25, 0.3) is 16.3 Å². The molecule has 3 aliphatic carbocycles. The highest BCUT2D eigenvalue weighted by Crippen LogP contribution is 2.56. The van der Waals surface area contributed by atoms with Gasteiger partial charge >= 0.3 is 0 Å². The first kappa shape index (κ1) is 30.1. The van der Waals surface area contributed by atoms with Gasteiger partial charge in [0, 0.05) is 11.8 Å². The molecular formula is C44H48. The fourth-order valence-corrected chi connectivity index (χ4v) is 7.85. The van der Waals surface area contributed by atoms with Crippen LogP contribution < -0.4 is 0 Å². The Morgan fingerprint density at radius 1 is 0.932 bits per heavy atom. The van der Waals surface area contributed by atoms with E-state index in [2.05, 4.69) is 133 Å². The molecule has 0 heteroatoms. The van der Waals surface area contributed by atoms with Crippen molar-refractivity contribution in [1.29, 1.82) is 0 Å². The molecule has 0 radical (unpaired) electrons. The second-order valence-corrected chi connectivity index (χ2v) is 14.2. The van der Waals surface area contributed by atoms with Gasteiger partial charge in [0.2, 0.25) is 0 Å². The van der Waals surface area contributed by atoms with Gasteiger partial charge in [-0.15, -0.1) is 0 Å². The van der Waals surface area contributed by atoms with Crippen LogP contribution in [0.1, 0.15) is 95.4 Å². The van der Waals surface area contributed by atoms with Gasteiger partial charge < -0.3 is 0 Å². The third kappa shape index (κ3) is 5.45. The average Bonchev–Trinajstić information content (AvgIpc) is 3.59.